The van der Waals surface area contributed by atoms with E-state index in [4.69, 9.17) is 9.47 Å². The number of aromatic nitrogens is 2. The molecule has 0 saturated carbocycles. The minimum Gasteiger partial charge on any atom is -0.461 e. The molecule has 0 aliphatic heterocycles. The van der Waals surface area contributed by atoms with E-state index in [0.29, 0.717) is 12.3 Å². The fraction of sp³-hybridized carbons (Fsp3) is 0.238. The molecule has 2 aromatic heterocycles. The molecule has 0 aliphatic carbocycles. The van der Waals surface area contributed by atoms with Crippen LogP contribution in [0.25, 0.3) is 27.9 Å². The molecule has 0 bridgehead atoms. The fourth-order valence-corrected chi connectivity index (χ4v) is 2.98. The standard InChI is InChI=1S/C21H22N2O3/c1-5-26-21(24)20-16(12-25-4)19-15-10-14(7-6-13(2)3)8-9-17(15)23-18(19)11-22-20/h6-11,23H,2,5,12H2,1,3-4H3. The van der Waals surface area contributed by atoms with Crippen LogP contribution in [0.5, 0.6) is 0 Å². The Bertz CT molecular complexity index is 1010. The number of carbonyl (C=O) groups excluding carboxylic acids is 1. The number of benzene rings is 1. The lowest BCUT2D eigenvalue weighted by Gasteiger charge is -2.09. The van der Waals surface area contributed by atoms with Crippen LogP contribution in [0.2, 0.25) is 0 Å². The van der Waals surface area contributed by atoms with E-state index < -0.39 is 5.97 Å². The van der Waals surface area contributed by atoms with Gasteiger partial charge in [0.25, 0.3) is 0 Å². The van der Waals surface area contributed by atoms with Crippen LogP contribution < -0.4 is 0 Å². The molecule has 0 radical (unpaired) electrons. The molecule has 1 aromatic carbocycles. The van der Waals surface area contributed by atoms with Crippen LogP contribution >= 0.6 is 0 Å². The summed E-state index contributed by atoms with van der Waals surface area (Å²) in [5.41, 5.74) is 4.91. The summed E-state index contributed by atoms with van der Waals surface area (Å²) in [5.74, 6) is -0.436. The Labute approximate surface area is 152 Å². The van der Waals surface area contributed by atoms with Crippen LogP contribution in [-0.2, 0) is 16.1 Å². The zero-order valence-corrected chi connectivity index (χ0v) is 15.3. The minimum atomic E-state index is -0.436. The highest BCUT2D eigenvalue weighted by Gasteiger charge is 2.20. The van der Waals surface area contributed by atoms with Gasteiger partial charge in [-0.05, 0) is 31.5 Å². The SMILES string of the molecule is C=C(C)C=Cc1ccc2[nH]c3cnc(C(=O)OCC)c(COC)c3c2c1. The Morgan fingerprint density at radius 3 is 2.85 bits per heavy atom. The molecular formula is C21H22N2O3. The van der Waals surface area contributed by atoms with Crippen molar-refractivity contribution in [1.82, 2.24) is 9.97 Å². The third kappa shape index (κ3) is 3.39. The number of rotatable bonds is 6. The molecule has 26 heavy (non-hydrogen) atoms. The number of ether oxygens (including phenoxy) is 2. The Balaban J connectivity index is 2.26. The lowest BCUT2D eigenvalue weighted by Crippen LogP contribution is -2.11. The summed E-state index contributed by atoms with van der Waals surface area (Å²) in [6, 6.07) is 6.14. The number of allylic oxidation sites excluding steroid dienone is 2. The first-order valence-corrected chi connectivity index (χ1v) is 8.48. The summed E-state index contributed by atoms with van der Waals surface area (Å²) in [6.07, 6.45) is 5.66. The van der Waals surface area contributed by atoms with E-state index in [1.165, 1.54) is 0 Å². The van der Waals surface area contributed by atoms with Crippen molar-refractivity contribution in [1.29, 1.82) is 0 Å². The van der Waals surface area contributed by atoms with Gasteiger partial charge in [0, 0.05) is 29.0 Å². The van der Waals surface area contributed by atoms with E-state index in [-0.39, 0.29) is 6.61 Å². The monoisotopic (exact) mass is 350 g/mol. The second-order valence-corrected chi connectivity index (χ2v) is 6.14. The van der Waals surface area contributed by atoms with Gasteiger partial charge in [-0.2, -0.15) is 0 Å². The van der Waals surface area contributed by atoms with Gasteiger partial charge in [-0.3, -0.25) is 0 Å². The Kier molecular flexibility index (Phi) is 5.19. The first-order chi connectivity index (χ1) is 12.5. The van der Waals surface area contributed by atoms with Crippen molar-refractivity contribution in [3.05, 3.63) is 59.4 Å². The van der Waals surface area contributed by atoms with Crippen LogP contribution in [0.15, 0.2) is 42.6 Å². The first-order valence-electron chi connectivity index (χ1n) is 8.48. The van der Waals surface area contributed by atoms with Crippen molar-refractivity contribution in [2.45, 2.75) is 20.5 Å². The van der Waals surface area contributed by atoms with E-state index in [1.54, 1.807) is 20.2 Å². The normalized spacial score (nSPS) is 11.5. The van der Waals surface area contributed by atoms with Crippen LogP contribution in [0, 0.1) is 0 Å². The predicted molar refractivity (Wildman–Crippen MR) is 104 cm³/mol. The molecule has 0 unspecified atom stereocenters. The number of nitrogens with zero attached hydrogens (tertiary/aromatic N) is 1. The topological polar surface area (TPSA) is 64.2 Å². The molecule has 2 heterocycles. The van der Waals surface area contributed by atoms with Gasteiger partial charge in [-0.15, -0.1) is 0 Å². The third-order valence-corrected chi connectivity index (χ3v) is 4.08. The van der Waals surface area contributed by atoms with Gasteiger partial charge >= 0.3 is 5.97 Å². The molecule has 0 atom stereocenters. The molecule has 0 spiro atoms. The quantitative estimate of drug-likeness (QED) is 0.520. The highest BCUT2D eigenvalue weighted by atomic mass is 16.5. The Hall–Kier alpha value is -2.92. The van der Waals surface area contributed by atoms with Gasteiger partial charge in [-0.1, -0.05) is 30.4 Å². The predicted octanol–water partition coefficient (Wildman–Crippen LogP) is 4.63. The number of methoxy groups -OCH3 is 1. The summed E-state index contributed by atoms with van der Waals surface area (Å²) >= 11 is 0. The first kappa shape index (κ1) is 17.9. The van der Waals surface area contributed by atoms with E-state index in [2.05, 4.69) is 22.6 Å². The molecule has 5 nitrogen and oxygen atoms in total. The summed E-state index contributed by atoms with van der Waals surface area (Å²) in [5, 5.41) is 1.95. The smallest absolute Gasteiger partial charge is 0.357 e. The molecule has 0 aliphatic rings. The Morgan fingerprint density at radius 2 is 2.15 bits per heavy atom. The summed E-state index contributed by atoms with van der Waals surface area (Å²) in [7, 11) is 1.60. The Morgan fingerprint density at radius 1 is 1.35 bits per heavy atom. The molecule has 5 heteroatoms. The molecule has 3 aromatic rings. The molecular weight excluding hydrogens is 328 g/mol. The summed E-state index contributed by atoms with van der Waals surface area (Å²) in [6.45, 7) is 8.19. The maximum atomic E-state index is 12.3. The summed E-state index contributed by atoms with van der Waals surface area (Å²) < 4.78 is 10.5. The number of pyridine rings is 1. The molecule has 0 fully saturated rings. The van der Waals surface area contributed by atoms with Crippen molar-refractivity contribution >= 4 is 33.9 Å². The second-order valence-electron chi connectivity index (χ2n) is 6.14. The van der Waals surface area contributed by atoms with Crippen LogP contribution in [0.1, 0.15) is 35.5 Å². The van der Waals surface area contributed by atoms with Gasteiger partial charge in [0.1, 0.15) is 0 Å². The maximum Gasteiger partial charge on any atom is 0.357 e. The number of H-pyrrole nitrogens is 1. The maximum absolute atomic E-state index is 12.3. The van der Waals surface area contributed by atoms with Crippen LogP contribution in [0.3, 0.4) is 0 Å². The number of carbonyl (C=O) groups is 1. The number of hydrogen-bond donors (Lipinski definition) is 1. The van der Waals surface area contributed by atoms with Crippen molar-refractivity contribution in [3.63, 3.8) is 0 Å². The largest absolute Gasteiger partial charge is 0.461 e. The number of nitrogens with one attached hydrogen (secondary N) is 1. The highest BCUT2D eigenvalue weighted by Crippen LogP contribution is 2.31. The second kappa shape index (κ2) is 7.54. The van der Waals surface area contributed by atoms with Crippen molar-refractivity contribution in [2.75, 3.05) is 13.7 Å². The number of aromatic amines is 1. The van der Waals surface area contributed by atoms with E-state index >= 15 is 0 Å². The van der Waals surface area contributed by atoms with Crippen molar-refractivity contribution in [3.8, 4) is 0 Å². The molecule has 134 valence electrons. The van der Waals surface area contributed by atoms with E-state index in [9.17, 15) is 4.79 Å². The molecule has 3 rings (SSSR count). The minimum absolute atomic E-state index is 0.275. The van der Waals surface area contributed by atoms with Gasteiger partial charge in [0.05, 0.1) is 24.9 Å². The van der Waals surface area contributed by atoms with Gasteiger partial charge in [-0.25, -0.2) is 9.78 Å². The molecule has 1 N–H and O–H groups in total. The highest BCUT2D eigenvalue weighted by molar-refractivity contribution is 6.11. The van der Waals surface area contributed by atoms with Crippen molar-refractivity contribution in [2.24, 2.45) is 0 Å². The lowest BCUT2D eigenvalue weighted by molar-refractivity contribution is 0.0514. The lowest BCUT2D eigenvalue weighted by atomic mass is 10.0. The zero-order chi connectivity index (χ0) is 18.7. The summed E-state index contributed by atoms with van der Waals surface area (Å²) in [4.78, 5) is 20.0. The van der Waals surface area contributed by atoms with Gasteiger partial charge in [0.15, 0.2) is 5.69 Å². The van der Waals surface area contributed by atoms with E-state index in [0.717, 1.165) is 38.5 Å². The van der Waals surface area contributed by atoms with E-state index in [1.807, 2.05) is 31.2 Å². The fourth-order valence-electron chi connectivity index (χ4n) is 2.98. The van der Waals surface area contributed by atoms with Gasteiger partial charge in [0.2, 0.25) is 0 Å². The molecule has 0 saturated heterocycles. The number of hydrogen-bond acceptors (Lipinski definition) is 4. The van der Waals surface area contributed by atoms with Crippen molar-refractivity contribution < 1.29 is 14.3 Å². The average Bonchev–Trinajstić information content (AvgIpc) is 2.98. The zero-order valence-electron chi connectivity index (χ0n) is 15.3. The van der Waals surface area contributed by atoms with Crippen LogP contribution in [0.4, 0.5) is 0 Å². The van der Waals surface area contributed by atoms with Gasteiger partial charge < -0.3 is 14.5 Å². The number of esters is 1. The molecule has 0 amide bonds. The average molecular weight is 350 g/mol. The third-order valence-electron chi connectivity index (χ3n) is 4.08. The number of fused-ring (bicyclic) bond motifs is 3. The van der Waals surface area contributed by atoms with Crippen LogP contribution in [-0.4, -0.2) is 29.7 Å².